The number of hydrogen-bond donors (Lipinski definition) is 1. The first-order chi connectivity index (χ1) is 5.07. The van der Waals surface area contributed by atoms with Gasteiger partial charge in [-0.1, -0.05) is 13.3 Å². The van der Waals surface area contributed by atoms with E-state index in [-0.39, 0.29) is 12.1 Å². The summed E-state index contributed by atoms with van der Waals surface area (Å²) in [6.07, 6.45) is 1.92. The first kappa shape index (κ1) is 10.4. The molecule has 2 atom stereocenters. The molecule has 0 aliphatic heterocycles. The maximum absolute atomic E-state index is 10.9. The normalized spacial score (nSPS) is 15.6. The van der Waals surface area contributed by atoms with Crippen molar-refractivity contribution in [3.63, 3.8) is 0 Å². The lowest BCUT2D eigenvalue weighted by atomic mass is 10.2. The van der Waals surface area contributed by atoms with Crippen molar-refractivity contribution in [1.82, 2.24) is 0 Å². The van der Waals surface area contributed by atoms with Crippen molar-refractivity contribution in [3.8, 4) is 0 Å². The van der Waals surface area contributed by atoms with Crippen molar-refractivity contribution in [2.45, 2.75) is 45.8 Å². The van der Waals surface area contributed by atoms with Gasteiger partial charge in [-0.05, 0) is 20.3 Å². The van der Waals surface area contributed by atoms with Gasteiger partial charge in [0, 0.05) is 0 Å². The van der Waals surface area contributed by atoms with Crippen molar-refractivity contribution in [3.05, 3.63) is 0 Å². The Bertz CT molecular complexity index is 123. The topological polar surface area (TPSA) is 52.3 Å². The number of rotatable bonds is 4. The number of esters is 1. The second-order valence-electron chi connectivity index (χ2n) is 2.82. The Morgan fingerprint density at radius 2 is 2.09 bits per heavy atom. The number of nitrogens with two attached hydrogens (primary N) is 1. The fourth-order valence-electron chi connectivity index (χ4n) is 0.771. The Morgan fingerprint density at radius 1 is 1.55 bits per heavy atom. The van der Waals surface area contributed by atoms with Crippen LogP contribution in [-0.2, 0) is 9.53 Å². The zero-order valence-corrected chi connectivity index (χ0v) is 7.46. The molecule has 0 spiro atoms. The lowest BCUT2D eigenvalue weighted by Gasteiger charge is -2.13. The summed E-state index contributed by atoms with van der Waals surface area (Å²) in [5.74, 6) is -0.314. The summed E-state index contributed by atoms with van der Waals surface area (Å²) in [5, 5.41) is 0. The molecule has 0 radical (unpaired) electrons. The zero-order chi connectivity index (χ0) is 8.85. The monoisotopic (exact) mass is 159 g/mol. The largest absolute Gasteiger partial charge is 0.462 e. The van der Waals surface area contributed by atoms with Crippen LogP contribution in [0.3, 0.4) is 0 Å². The number of carbonyl (C=O) groups is 1. The van der Waals surface area contributed by atoms with Gasteiger partial charge in [-0.2, -0.15) is 0 Å². The first-order valence-corrected chi connectivity index (χ1v) is 4.04. The lowest BCUT2D eigenvalue weighted by Crippen LogP contribution is -2.31. The molecule has 11 heavy (non-hydrogen) atoms. The van der Waals surface area contributed by atoms with E-state index in [2.05, 4.69) is 6.92 Å². The summed E-state index contributed by atoms with van der Waals surface area (Å²) in [4.78, 5) is 10.9. The van der Waals surface area contributed by atoms with Gasteiger partial charge in [-0.15, -0.1) is 0 Å². The molecular weight excluding hydrogens is 142 g/mol. The van der Waals surface area contributed by atoms with E-state index in [1.54, 1.807) is 6.92 Å². The van der Waals surface area contributed by atoms with Crippen LogP contribution in [-0.4, -0.2) is 18.1 Å². The van der Waals surface area contributed by atoms with Crippen LogP contribution in [0.2, 0.25) is 0 Å². The standard InChI is InChI=1S/C8H17NO2/c1-4-5-6(2)11-8(10)7(3)9/h6-7H,4-5,9H2,1-3H3. The van der Waals surface area contributed by atoms with E-state index in [1.165, 1.54) is 0 Å². The van der Waals surface area contributed by atoms with Crippen molar-refractivity contribution < 1.29 is 9.53 Å². The molecule has 0 saturated carbocycles. The highest BCUT2D eigenvalue weighted by molar-refractivity contribution is 5.75. The van der Waals surface area contributed by atoms with Gasteiger partial charge in [0.05, 0.1) is 6.10 Å². The molecule has 66 valence electrons. The van der Waals surface area contributed by atoms with Gasteiger partial charge in [-0.3, -0.25) is 4.79 Å². The molecule has 2 N–H and O–H groups in total. The van der Waals surface area contributed by atoms with E-state index >= 15 is 0 Å². The highest BCUT2D eigenvalue weighted by Crippen LogP contribution is 2.01. The van der Waals surface area contributed by atoms with Crippen LogP contribution in [0.5, 0.6) is 0 Å². The van der Waals surface area contributed by atoms with E-state index in [4.69, 9.17) is 10.5 Å². The molecule has 0 amide bonds. The highest BCUT2D eigenvalue weighted by Gasteiger charge is 2.11. The van der Waals surface area contributed by atoms with Gasteiger partial charge < -0.3 is 10.5 Å². The van der Waals surface area contributed by atoms with Gasteiger partial charge in [0.2, 0.25) is 0 Å². The first-order valence-electron chi connectivity index (χ1n) is 4.04. The molecule has 0 rings (SSSR count). The predicted molar refractivity (Wildman–Crippen MR) is 44.1 cm³/mol. The van der Waals surface area contributed by atoms with Gasteiger partial charge in [0.15, 0.2) is 0 Å². The summed E-state index contributed by atoms with van der Waals surface area (Å²) in [6, 6.07) is -0.505. The third-order valence-corrected chi connectivity index (χ3v) is 1.38. The Hall–Kier alpha value is -0.570. The zero-order valence-electron chi connectivity index (χ0n) is 7.46. The van der Waals surface area contributed by atoms with Crippen molar-refractivity contribution in [2.24, 2.45) is 5.73 Å². The summed E-state index contributed by atoms with van der Waals surface area (Å²) in [5.41, 5.74) is 5.31. The molecule has 0 aliphatic rings. The summed E-state index contributed by atoms with van der Waals surface area (Å²) in [7, 11) is 0. The average molecular weight is 159 g/mol. The van der Waals surface area contributed by atoms with Crippen LogP contribution in [0, 0.1) is 0 Å². The van der Waals surface area contributed by atoms with Crippen LogP contribution in [0.15, 0.2) is 0 Å². The number of hydrogen-bond acceptors (Lipinski definition) is 3. The van der Waals surface area contributed by atoms with Crippen LogP contribution in [0.1, 0.15) is 33.6 Å². The fraction of sp³-hybridized carbons (Fsp3) is 0.875. The SMILES string of the molecule is CCCC(C)OC(=O)C(C)N. The molecule has 0 aromatic carbocycles. The Balaban J connectivity index is 3.57. The van der Waals surface area contributed by atoms with Crippen LogP contribution in [0.25, 0.3) is 0 Å². The van der Waals surface area contributed by atoms with E-state index in [0.717, 1.165) is 12.8 Å². The van der Waals surface area contributed by atoms with Gasteiger partial charge in [0.1, 0.15) is 6.04 Å². The smallest absolute Gasteiger partial charge is 0.322 e. The van der Waals surface area contributed by atoms with Crippen molar-refractivity contribution >= 4 is 5.97 Å². The Labute approximate surface area is 67.9 Å². The molecular formula is C8H17NO2. The van der Waals surface area contributed by atoms with Crippen LogP contribution >= 0.6 is 0 Å². The quantitative estimate of drug-likeness (QED) is 0.624. The molecule has 0 aliphatic carbocycles. The molecule has 0 aromatic rings. The minimum atomic E-state index is -0.505. The molecule has 3 heteroatoms. The van der Waals surface area contributed by atoms with Gasteiger partial charge in [-0.25, -0.2) is 0 Å². The molecule has 0 aromatic heterocycles. The van der Waals surface area contributed by atoms with Gasteiger partial charge >= 0.3 is 5.97 Å². The average Bonchev–Trinajstić information content (AvgIpc) is 1.87. The second-order valence-corrected chi connectivity index (χ2v) is 2.82. The second kappa shape index (κ2) is 5.13. The highest BCUT2D eigenvalue weighted by atomic mass is 16.5. The molecule has 0 saturated heterocycles. The molecule has 0 heterocycles. The van der Waals surface area contributed by atoms with Crippen LogP contribution < -0.4 is 5.73 Å². The van der Waals surface area contributed by atoms with Gasteiger partial charge in [0.25, 0.3) is 0 Å². The minimum Gasteiger partial charge on any atom is -0.462 e. The number of ether oxygens (including phenoxy) is 1. The van der Waals surface area contributed by atoms with Crippen molar-refractivity contribution in [2.75, 3.05) is 0 Å². The summed E-state index contributed by atoms with van der Waals surface area (Å²) < 4.78 is 4.99. The minimum absolute atomic E-state index is 0.00139. The lowest BCUT2D eigenvalue weighted by molar-refractivity contribution is -0.149. The maximum atomic E-state index is 10.9. The molecule has 2 unspecified atom stereocenters. The fourth-order valence-corrected chi connectivity index (χ4v) is 0.771. The van der Waals surface area contributed by atoms with E-state index in [0.29, 0.717) is 0 Å². The van der Waals surface area contributed by atoms with E-state index in [1.807, 2.05) is 6.92 Å². The Morgan fingerprint density at radius 3 is 2.45 bits per heavy atom. The Kier molecular flexibility index (Phi) is 4.86. The maximum Gasteiger partial charge on any atom is 0.322 e. The van der Waals surface area contributed by atoms with E-state index in [9.17, 15) is 4.79 Å². The predicted octanol–water partition coefficient (Wildman–Crippen LogP) is 1.07. The number of carbonyl (C=O) groups excluding carboxylic acids is 1. The van der Waals surface area contributed by atoms with Crippen LogP contribution in [0.4, 0.5) is 0 Å². The third kappa shape index (κ3) is 4.79. The molecule has 3 nitrogen and oxygen atoms in total. The molecule has 0 fully saturated rings. The molecule has 0 bridgehead atoms. The third-order valence-electron chi connectivity index (χ3n) is 1.38. The van der Waals surface area contributed by atoms with E-state index < -0.39 is 6.04 Å². The summed E-state index contributed by atoms with van der Waals surface area (Å²) in [6.45, 7) is 5.56. The summed E-state index contributed by atoms with van der Waals surface area (Å²) >= 11 is 0. The van der Waals surface area contributed by atoms with Crippen molar-refractivity contribution in [1.29, 1.82) is 0 Å².